The number of hydrogen-bond donors (Lipinski definition) is 1. The summed E-state index contributed by atoms with van der Waals surface area (Å²) in [5, 5.41) is 8.54. The molecule has 1 amide bonds. The van der Waals surface area contributed by atoms with E-state index in [-0.39, 0.29) is 5.91 Å². The van der Waals surface area contributed by atoms with Crippen LogP contribution in [0.5, 0.6) is 11.5 Å². The number of aromatic nitrogens is 3. The summed E-state index contributed by atoms with van der Waals surface area (Å²) in [6, 6.07) is 16.7. The molecule has 4 aromatic rings. The molecule has 4 rings (SSSR count). The molecular formula is C23H22N4O3. The third-order valence-electron chi connectivity index (χ3n) is 4.81. The van der Waals surface area contributed by atoms with Gasteiger partial charge >= 0.3 is 0 Å². The van der Waals surface area contributed by atoms with Gasteiger partial charge in [-0.3, -0.25) is 4.79 Å². The van der Waals surface area contributed by atoms with Crippen molar-refractivity contribution in [3.63, 3.8) is 0 Å². The van der Waals surface area contributed by atoms with Crippen LogP contribution < -0.4 is 14.8 Å². The fourth-order valence-electron chi connectivity index (χ4n) is 3.33. The predicted molar refractivity (Wildman–Crippen MR) is 116 cm³/mol. The maximum Gasteiger partial charge on any atom is 0.257 e. The Morgan fingerprint density at radius 3 is 2.37 bits per heavy atom. The summed E-state index contributed by atoms with van der Waals surface area (Å²) >= 11 is 0. The number of nitrogens with one attached hydrogen (secondary N) is 1. The zero-order valence-electron chi connectivity index (χ0n) is 17.3. The smallest absolute Gasteiger partial charge is 0.257 e. The first-order valence-corrected chi connectivity index (χ1v) is 9.46. The Labute approximate surface area is 174 Å². The second kappa shape index (κ2) is 7.87. The van der Waals surface area contributed by atoms with Gasteiger partial charge in [0.2, 0.25) is 0 Å². The SMILES string of the molecule is COc1cc(OC)cc(C(=O)Nc2cc(C)nn2-c2cc(C)c3ccccc3n2)c1. The van der Waals surface area contributed by atoms with Crippen LogP contribution in [0.4, 0.5) is 5.82 Å². The van der Waals surface area contributed by atoms with Crippen LogP contribution in [0, 0.1) is 13.8 Å². The molecule has 0 bridgehead atoms. The van der Waals surface area contributed by atoms with Gasteiger partial charge in [-0.15, -0.1) is 0 Å². The molecule has 0 radical (unpaired) electrons. The number of pyridine rings is 1. The van der Waals surface area contributed by atoms with Crippen LogP contribution in [0.25, 0.3) is 16.7 Å². The van der Waals surface area contributed by atoms with Gasteiger partial charge in [-0.1, -0.05) is 18.2 Å². The van der Waals surface area contributed by atoms with Crippen LogP contribution in [0.2, 0.25) is 0 Å². The highest BCUT2D eigenvalue weighted by Gasteiger charge is 2.16. The standard InChI is InChI=1S/C23H22N4O3/c1-14-9-21(24-20-8-6-5-7-19(14)20)27-22(10-15(2)26-27)25-23(28)16-11-17(29-3)13-18(12-16)30-4/h5-13H,1-4H3,(H,25,28). The number of carbonyl (C=O) groups is 1. The highest BCUT2D eigenvalue weighted by atomic mass is 16.5. The molecule has 7 heteroatoms. The fraction of sp³-hybridized carbons (Fsp3) is 0.174. The van der Waals surface area contributed by atoms with E-state index in [1.54, 1.807) is 37.1 Å². The van der Waals surface area contributed by atoms with E-state index < -0.39 is 0 Å². The summed E-state index contributed by atoms with van der Waals surface area (Å²) < 4.78 is 12.2. The first-order chi connectivity index (χ1) is 14.5. The molecule has 0 unspecified atom stereocenters. The summed E-state index contributed by atoms with van der Waals surface area (Å²) in [6.45, 7) is 3.90. The van der Waals surface area contributed by atoms with Crippen LogP contribution in [0.3, 0.4) is 0 Å². The lowest BCUT2D eigenvalue weighted by Gasteiger charge is -2.12. The van der Waals surface area contributed by atoms with Gasteiger partial charge in [0.25, 0.3) is 5.91 Å². The highest BCUT2D eigenvalue weighted by Crippen LogP contribution is 2.25. The van der Waals surface area contributed by atoms with Crippen LogP contribution in [0.15, 0.2) is 54.6 Å². The van der Waals surface area contributed by atoms with Crippen molar-refractivity contribution in [1.29, 1.82) is 0 Å². The molecule has 1 N–H and O–H groups in total. The normalized spacial score (nSPS) is 10.8. The average molecular weight is 402 g/mol. The number of aryl methyl sites for hydroxylation is 2. The Balaban J connectivity index is 1.72. The molecule has 0 fully saturated rings. The summed E-state index contributed by atoms with van der Waals surface area (Å²) in [5.74, 6) is 1.94. The fourth-order valence-corrected chi connectivity index (χ4v) is 3.33. The van der Waals surface area contributed by atoms with E-state index in [0.29, 0.717) is 28.7 Å². The molecule has 0 aliphatic heterocycles. The number of nitrogens with zero attached hydrogens (tertiary/aromatic N) is 3. The van der Waals surface area contributed by atoms with Gasteiger partial charge in [0.15, 0.2) is 5.82 Å². The van der Waals surface area contributed by atoms with Crippen molar-refractivity contribution in [2.45, 2.75) is 13.8 Å². The van der Waals surface area contributed by atoms with Crippen molar-refractivity contribution < 1.29 is 14.3 Å². The van der Waals surface area contributed by atoms with Gasteiger partial charge < -0.3 is 14.8 Å². The van der Waals surface area contributed by atoms with Gasteiger partial charge in [-0.25, -0.2) is 4.98 Å². The quantitative estimate of drug-likeness (QED) is 0.538. The molecule has 2 heterocycles. The minimum absolute atomic E-state index is 0.300. The number of rotatable bonds is 5. The maximum absolute atomic E-state index is 12.9. The second-order valence-corrected chi connectivity index (χ2v) is 6.95. The third kappa shape index (κ3) is 3.69. The summed E-state index contributed by atoms with van der Waals surface area (Å²) in [6.07, 6.45) is 0. The van der Waals surface area contributed by atoms with Crippen LogP contribution in [0.1, 0.15) is 21.6 Å². The molecule has 0 saturated heterocycles. The van der Waals surface area contributed by atoms with Crippen molar-refractivity contribution in [2.75, 3.05) is 19.5 Å². The number of carbonyl (C=O) groups excluding carboxylic acids is 1. The van der Waals surface area contributed by atoms with E-state index in [0.717, 1.165) is 22.2 Å². The summed E-state index contributed by atoms with van der Waals surface area (Å²) in [5.41, 5.74) is 3.13. The first-order valence-electron chi connectivity index (χ1n) is 9.46. The van der Waals surface area contributed by atoms with E-state index in [4.69, 9.17) is 14.5 Å². The third-order valence-corrected chi connectivity index (χ3v) is 4.81. The lowest BCUT2D eigenvalue weighted by molar-refractivity contribution is 0.102. The Hall–Kier alpha value is -3.87. The zero-order chi connectivity index (χ0) is 21.3. The van der Waals surface area contributed by atoms with Crippen molar-refractivity contribution in [1.82, 2.24) is 14.8 Å². The summed E-state index contributed by atoms with van der Waals surface area (Å²) in [7, 11) is 3.09. The van der Waals surface area contributed by atoms with Gasteiger partial charge in [0, 0.05) is 23.1 Å². The number of hydrogen-bond acceptors (Lipinski definition) is 5. The van der Waals surface area contributed by atoms with E-state index in [1.807, 2.05) is 50.2 Å². The van der Waals surface area contributed by atoms with Crippen LogP contribution >= 0.6 is 0 Å². The largest absolute Gasteiger partial charge is 0.497 e. The highest BCUT2D eigenvalue weighted by molar-refractivity contribution is 6.04. The molecule has 0 aliphatic rings. The van der Waals surface area contributed by atoms with Gasteiger partial charge in [-0.05, 0) is 43.7 Å². The Bertz CT molecular complexity index is 1220. The molecule has 7 nitrogen and oxygen atoms in total. The van der Waals surface area contributed by atoms with Crippen LogP contribution in [-0.2, 0) is 0 Å². The van der Waals surface area contributed by atoms with Gasteiger partial charge in [0.05, 0.1) is 25.4 Å². The Kier molecular flexibility index (Phi) is 5.10. The average Bonchev–Trinajstić information content (AvgIpc) is 3.13. The predicted octanol–water partition coefficient (Wildman–Crippen LogP) is 4.31. The van der Waals surface area contributed by atoms with Gasteiger partial charge in [-0.2, -0.15) is 9.78 Å². The van der Waals surface area contributed by atoms with E-state index in [2.05, 4.69) is 10.4 Å². The minimum atomic E-state index is -0.300. The minimum Gasteiger partial charge on any atom is -0.497 e. The molecule has 0 atom stereocenters. The van der Waals surface area contributed by atoms with Crippen molar-refractivity contribution in [2.24, 2.45) is 0 Å². The maximum atomic E-state index is 12.9. The molecule has 152 valence electrons. The lowest BCUT2D eigenvalue weighted by Crippen LogP contribution is -2.16. The second-order valence-electron chi connectivity index (χ2n) is 6.95. The number of ether oxygens (including phenoxy) is 2. The Morgan fingerprint density at radius 2 is 1.67 bits per heavy atom. The summed E-state index contributed by atoms with van der Waals surface area (Å²) in [4.78, 5) is 17.7. The number of para-hydroxylation sites is 1. The van der Waals surface area contributed by atoms with Gasteiger partial charge in [0.1, 0.15) is 17.3 Å². The monoisotopic (exact) mass is 402 g/mol. The molecule has 0 saturated carbocycles. The number of anilines is 1. The molecule has 30 heavy (non-hydrogen) atoms. The van der Waals surface area contributed by atoms with Crippen molar-refractivity contribution >= 4 is 22.6 Å². The van der Waals surface area contributed by atoms with Crippen molar-refractivity contribution in [3.8, 4) is 17.3 Å². The molecular weight excluding hydrogens is 380 g/mol. The topological polar surface area (TPSA) is 78.3 Å². The number of benzene rings is 2. The molecule has 0 spiro atoms. The van der Waals surface area contributed by atoms with E-state index in [1.165, 1.54) is 0 Å². The molecule has 2 aromatic carbocycles. The molecule has 0 aliphatic carbocycles. The number of amides is 1. The van der Waals surface area contributed by atoms with Crippen LogP contribution in [-0.4, -0.2) is 34.9 Å². The lowest BCUT2D eigenvalue weighted by atomic mass is 10.1. The first kappa shape index (κ1) is 19.4. The van der Waals surface area contributed by atoms with E-state index in [9.17, 15) is 4.79 Å². The van der Waals surface area contributed by atoms with Crippen molar-refractivity contribution in [3.05, 3.63) is 71.4 Å². The van der Waals surface area contributed by atoms with E-state index >= 15 is 0 Å². The zero-order valence-corrected chi connectivity index (χ0v) is 17.3. The Morgan fingerprint density at radius 1 is 0.967 bits per heavy atom. The number of fused-ring (bicyclic) bond motifs is 1. The number of methoxy groups -OCH3 is 2. The molecule has 2 aromatic heterocycles.